The van der Waals surface area contributed by atoms with Gasteiger partial charge >= 0.3 is 17.1 Å². The SMILES string of the molecule is [Cu+].[NH-]CCNCCO. The van der Waals surface area contributed by atoms with Gasteiger partial charge in [0.1, 0.15) is 0 Å². The third-order valence-electron chi connectivity index (χ3n) is 0.590. The van der Waals surface area contributed by atoms with Crippen LogP contribution in [0.3, 0.4) is 0 Å². The quantitative estimate of drug-likeness (QED) is 0.442. The molecule has 0 bridgehead atoms. The van der Waals surface area contributed by atoms with Gasteiger partial charge in [0.15, 0.2) is 0 Å². The first-order valence-corrected chi connectivity index (χ1v) is 2.38. The largest absolute Gasteiger partial charge is 1.00 e. The molecule has 0 saturated heterocycles. The van der Waals surface area contributed by atoms with Gasteiger partial charge < -0.3 is 16.2 Å². The maximum Gasteiger partial charge on any atom is 1.00 e. The number of nitrogens with one attached hydrogen (secondary N) is 2. The Labute approximate surface area is 60.1 Å². The summed E-state index contributed by atoms with van der Waals surface area (Å²) in [5, 5.41) is 11.0. The summed E-state index contributed by atoms with van der Waals surface area (Å²) in [6.07, 6.45) is 0. The molecular weight excluding hydrogens is 156 g/mol. The van der Waals surface area contributed by atoms with Gasteiger partial charge in [-0.3, -0.25) is 0 Å². The molecule has 0 saturated carbocycles. The van der Waals surface area contributed by atoms with Crippen LogP contribution in [0.2, 0.25) is 0 Å². The van der Waals surface area contributed by atoms with Crippen LogP contribution in [0, 0.1) is 0 Å². The Morgan fingerprint density at radius 3 is 2.38 bits per heavy atom. The summed E-state index contributed by atoms with van der Waals surface area (Å²) in [5.41, 5.74) is 6.64. The van der Waals surface area contributed by atoms with Crippen LogP contribution >= 0.6 is 0 Å². The Balaban J connectivity index is 0. The van der Waals surface area contributed by atoms with E-state index in [2.05, 4.69) is 5.32 Å². The average Bonchev–Trinajstić information content (AvgIpc) is 1.69. The molecule has 0 heterocycles. The van der Waals surface area contributed by atoms with Crippen LogP contribution in [0.15, 0.2) is 0 Å². The molecule has 3 N–H and O–H groups in total. The van der Waals surface area contributed by atoms with Crippen LogP contribution in [-0.2, 0) is 17.1 Å². The molecule has 0 aliphatic carbocycles. The predicted molar refractivity (Wildman–Crippen MR) is 29.1 cm³/mol. The van der Waals surface area contributed by atoms with E-state index >= 15 is 0 Å². The topological polar surface area (TPSA) is 56.1 Å². The second kappa shape index (κ2) is 10.4. The predicted octanol–water partition coefficient (Wildman–Crippen LogP) is -0.382. The molecule has 4 heteroatoms. The molecule has 0 aliphatic rings. The number of aliphatic hydroxyl groups is 1. The van der Waals surface area contributed by atoms with Crippen molar-refractivity contribution in [1.29, 1.82) is 0 Å². The standard InChI is InChI=1S/C4H11N2O.Cu/c5-1-2-6-3-4-7;/h5-7H,1-4H2;/q-1;+1. The zero-order valence-corrected chi connectivity index (χ0v) is 5.52. The Kier molecular flexibility index (Phi) is 14.6. The van der Waals surface area contributed by atoms with Gasteiger partial charge in [-0.1, -0.05) is 0 Å². The smallest absolute Gasteiger partial charge is 0.676 e. The maximum absolute atomic E-state index is 8.17. The van der Waals surface area contributed by atoms with E-state index in [1.807, 2.05) is 0 Å². The van der Waals surface area contributed by atoms with Gasteiger partial charge in [0.2, 0.25) is 0 Å². The number of hydrogen-bond acceptors (Lipinski definition) is 2. The third kappa shape index (κ3) is 9.64. The molecule has 0 spiro atoms. The van der Waals surface area contributed by atoms with Crippen molar-refractivity contribution in [3.63, 3.8) is 0 Å². The molecule has 8 heavy (non-hydrogen) atoms. The Morgan fingerprint density at radius 1 is 1.38 bits per heavy atom. The third-order valence-corrected chi connectivity index (χ3v) is 0.590. The molecule has 0 atom stereocenters. The van der Waals surface area contributed by atoms with Gasteiger partial charge in [-0.25, -0.2) is 0 Å². The molecule has 0 aromatic heterocycles. The fraction of sp³-hybridized carbons (Fsp3) is 1.00. The number of aliphatic hydroxyl groups excluding tert-OH is 1. The van der Waals surface area contributed by atoms with Gasteiger partial charge in [0.05, 0.1) is 6.61 Å². The van der Waals surface area contributed by atoms with E-state index in [-0.39, 0.29) is 23.7 Å². The first-order valence-electron chi connectivity index (χ1n) is 2.38. The van der Waals surface area contributed by atoms with Gasteiger partial charge in [-0.2, -0.15) is 0 Å². The van der Waals surface area contributed by atoms with Crippen molar-refractivity contribution in [2.45, 2.75) is 0 Å². The summed E-state index contributed by atoms with van der Waals surface area (Å²) in [5.74, 6) is 0. The minimum Gasteiger partial charge on any atom is -0.676 e. The molecule has 0 unspecified atom stereocenters. The summed E-state index contributed by atoms with van der Waals surface area (Å²) in [6, 6.07) is 0. The normalized spacial score (nSPS) is 8.25. The fourth-order valence-corrected chi connectivity index (χ4v) is 0.292. The van der Waals surface area contributed by atoms with E-state index in [9.17, 15) is 0 Å². The molecule has 0 rings (SSSR count). The Morgan fingerprint density at radius 2 is 2.00 bits per heavy atom. The Bertz CT molecular complexity index is 33.2. The molecule has 0 aromatic rings. The van der Waals surface area contributed by atoms with Gasteiger partial charge in [-0.05, 0) is 6.54 Å². The maximum atomic E-state index is 8.17. The van der Waals surface area contributed by atoms with Crippen LogP contribution in [0.1, 0.15) is 0 Å². The van der Waals surface area contributed by atoms with Crippen molar-refractivity contribution in [2.24, 2.45) is 0 Å². The van der Waals surface area contributed by atoms with Crippen molar-refractivity contribution < 1.29 is 22.2 Å². The molecule has 0 aromatic carbocycles. The van der Waals surface area contributed by atoms with Gasteiger partial charge in [0.25, 0.3) is 0 Å². The molecule has 54 valence electrons. The minimum absolute atomic E-state index is 0. The molecule has 3 nitrogen and oxygen atoms in total. The zero-order valence-electron chi connectivity index (χ0n) is 4.58. The van der Waals surface area contributed by atoms with E-state index in [0.29, 0.717) is 19.6 Å². The zero-order chi connectivity index (χ0) is 5.54. The summed E-state index contributed by atoms with van der Waals surface area (Å²) < 4.78 is 0. The van der Waals surface area contributed by atoms with E-state index < -0.39 is 0 Å². The summed E-state index contributed by atoms with van der Waals surface area (Å²) in [6.45, 7) is 1.85. The second-order valence-electron chi connectivity index (χ2n) is 1.22. The van der Waals surface area contributed by atoms with Gasteiger partial charge in [0, 0.05) is 6.54 Å². The van der Waals surface area contributed by atoms with Crippen LogP contribution in [0.4, 0.5) is 0 Å². The molecular formula is C4H11CuN2O. The van der Waals surface area contributed by atoms with E-state index in [1.165, 1.54) is 0 Å². The molecule has 0 aliphatic heterocycles. The van der Waals surface area contributed by atoms with E-state index in [0.717, 1.165) is 0 Å². The van der Waals surface area contributed by atoms with E-state index in [1.54, 1.807) is 0 Å². The number of rotatable bonds is 4. The molecule has 0 radical (unpaired) electrons. The second-order valence-corrected chi connectivity index (χ2v) is 1.22. The molecule has 0 fully saturated rings. The summed E-state index contributed by atoms with van der Waals surface area (Å²) in [4.78, 5) is 0. The van der Waals surface area contributed by atoms with Crippen molar-refractivity contribution >= 4 is 0 Å². The summed E-state index contributed by atoms with van der Waals surface area (Å²) in [7, 11) is 0. The average molecular weight is 167 g/mol. The van der Waals surface area contributed by atoms with Crippen molar-refractivity contribution in [1.82, 2.24) is 5.32 Å². The molecule has 0 amide bonds. The van der Waals surface area contributed by atoms with Crippen molar-refractivity contribution in [2.75, 3.05) is 26.2 Å². The fourth-order valence-electron chi connectivity index (χ4n) is 0.292. The van der Waals surface area contributed by atoms with Crippen LogP contribution in [0.5, 0.6) is 0 Å². The first-order chi connectivity index (χ1) is 3.41. The Hall–Kier alpha value is 0.399. The van der Waals surface area contributed by atoms with Crippen LogP contribution in [0.25, 0.3) is 5.73 Å². The van der Waals surface area contributed by atoms with Crippen LogP contribution < -0.4 is 5.32 Å². The van der Waals surface area contributed by atoms with Crippen molar-refractivity contribution in [3.05, 3.63) is 5.73 Å². The summed E-state index contributed by atoms with van der Waals surface area (Å²) >= 11 is 0. The van der Waals surface area contributed by atoms with Gasteiger partial charge in [-0.15, -0.1) is 6.54 Å². The number of hydrogen-bond donors (Lipinski definition) is 2. The van der Waals surface area contributed by atoms with E-state index in [4.69, 9.17) is 10.8 Å². The minimum atomic E-state index is 0. The van der Waals surface area contributed by atoms with Crippen LogP contribution in [-0.4, -0.2) is 31.3 Å². The first kappa shape index (κ1) is 11.2. The monoisotopic (exact) mass is 166 g/mol. The van der Waals surface area contributed by atoms with Crippen molar-refractivity contribution in [3.8, 4) is 0 Å².